The molecule has 0 saturated carbocycles. The Bertz CT molecular complexity index is 370. The van der Waals surface area contributed by atoms with Crippen molar-refractivity contribution in [2.45, 2.75) is 20.8 Å². The van der Waals surface area contributed by atoms with Crippen molar-refractivity contribution in [1.29, 1.82) is 0 Å². The van der Waals surface area contributed by atoms with Gasteiger partial charge < -0.3 is 5.32 Å². The van der Waals surface area contributed by atoms with Crippen LogP contribution in [0.25, 0.3) is 0 Å². The molecule has 0 aliphatic rings. The number of carbonyl (C=O) groups is 1. The zero-order valence-corrected chi connectivity index (χ0v) is 10.2. The fourth-order valence-corrected chi connectivity index (χ4v) is 0.926. The minimum atomic E-state index is -0.0262. The van der Waals surface area contributed by atoms with Gasteiger partial charge >= 0.3 is 0 Å². The Morgan fingerprint density at radius 2 is 1.69 bits per heavy atom. The molecule has 86 valence electrons. The second-order valence-corrected chi connectivity index (χ2v) is 3.23. The van der Waals surface area contributed by atoms with Gasteiger partial charge in [0.1, 0.15) is 0 Å². The number of ketones is 1. The van der Waals surface area contributed by atoms with Crippen LogP contribution >= 0.6 is 0 Å². The number of rotatable bonds is 6. The van der Waals surface area contributed by atoms with E-state index >= 15 is 0 Å². The van der Waals surface area contributed by atoms with Crippen molar-refractivity contribution in [3.05, 3.63) is 60.5 Å². The molecule has 0 saturated heterocycles. The van der Waals surface area contributed by atoms with Crippen molar-refractivity contribution in [1.82, 2.24) is 5.32 Å². The van der Waals surface area contributed by atoms with Crippen LogP contribution in [0.15, 0.2) is 60.5 Å². The molecule has 16 heavy (non-hydrogen) atoms. The van der Waals surface area contributed by atoms with Gasteiger partial charge in [0.15, 0.2) is 5.78 Å². The first-order valence-corrected chi connectivity index (χ1v) is 5.15. The Morgan fingerprint density at radius 1 is 1.12 bits per heavy atom. The minimum absolute atomic E-state index is 0.0262. The highest BCUT2D eigenvalue weighted by Crippen LogP contribution is 2.02. The summed E-state index contributed by atoms with van der Waals surface area (Å²) in [6.45, 7) is 12.7. The third-order valence-corrected chi connectivity index (χ3v) is 2.05. The Balaban J connectivity index is 4.62. The maximum Gasteiger partial charge on any atom is 0.159 e. The summed E-state index contributed by atoms with van der Waals surface area (Å²) >= 11 is 0. The van der Waals surface area contributed by atoms with Crippen molar-refractivity contribution >= 4 is 5.78 Å². The topological polar surface area (TPSA) is 29.1 Å². The van der Waals surface area contributed by atoms with E-state index in [1.54, 1.807) is 12.2 Å². The van der Waals surface area contributed by atoms with Gasteiger partial charge in [-0.1, -0.05) is 25.3 Å². The van der Waals surface area contributed by atoms with E-state index < -0.39 is 0 Å². The van der Waals surface area contributed by atoms with Gasteiger partial charge in [-0.15, -0.1) is 0 Å². The van der Waals surface area contributed by atoms with Crippen LogP contribution in [0.3, 0.4) is 0 Å². The van der Waals surface area contributed by atoms with E-state index in [1.165, 1.54) is 6.92 Å². The van der Waals surface area contributed by atoms with Crippen molar-refractivity contribution in [3.63, 3.8) is 0 Å². The van der Waals surface area contributed by atoms with Crippen LogP contribution in [-0.2, 0) is 4.79 Å². The molecule has 0 rings (SSSR count). The Hall–Kier alpha value is -1.83. The van der Waals surface area contributed by atoms with Crippen LogP contribution in [0, 0.1) is 0 Å². The van der Waals surface area contributed by atoms with E-state index in [9.17, 15) is 4.79 Å². The zero-order chi connectivity index (χ0) is 12.6. The molecule has 0 aliphatic carbocycles. The van der Waals surface area contributed by atoms with E-state index in [1.807, 2.05) is 32.1 Å². The lowest BCUT2D eigenvalue weighted by molar-refractivity contribution is -0.113. The molecule has 0 spiro atoms. The maximum atomic E-state index is 11.0. The van der Waals surface area contributed by atoms with Gasteiger partial charge in [0.25, 0.3) is 0 Å². The number of hydrogen-bond acceptors (Lipinski definition) is 2. The fraction of sp³-hybridized carbons (Fsp3) is 0.214. The highest BCUT2D eigenvalue weighted by Gasteiger charge is 1.96. The predicted molar refractivity (Wildman–Crippen MR) is 69.8 cm³/mol. The molecule has 2 nitrogen and oxygen atoms in total. The molecule has 0 bridgehead atoms. The SMILES string of the molecule is C=C/C(=C\C)NC(/C=C\C(=C)C(C)=O)=C/C. The van der Waals surface area contributed by atoms with E-state index in [-0.39, 0.29) is 5.78 Å². The number of Topliss-reactive ketones (excluding diaryl/α,β-unsaturated/α-hetero) is 1. The van der Waals surface area contributed by atoms with Gasteiger partial charge in [0.05, 0.1) is 0 Å². The molecule has 0 unspecified atom stereocenters. The normalized spacial score (nSPS) is 12.7. The van der Waals surface area contributed by atoms with Gasteiger partial charge in [-0.3, -0.25) is 4.79 Å². The first-order chi connectivity index (χ1) is 7.54. The lowest BCUT2D eigenvalue weighted by atomic mass is 10.2. The maximum absolute atomic E-state index is 11.0. The van der Waals surface area contributed by atoms with E-state index in [0.717, 1.165) is 11.4 Å². The molecular weight excluding hydrogens is 198 g/mol. The van der Waals surface area contributed by atoms with Crippen molar-refractivity contribution in [2.75, 3.05) is 0 Å². The predicted octanol–water partition coefficient (Wildman–Crippen LogP) is 3.27. The molecule has 0 aromatic heterocycles. The van der Waals surface area contributed by atoms with Gasteiger partial charge in [0.2, 0.25) is 0 Å². The van der Waals surface area contributed by atoms with Crippen LogP contribution in [-0.4, -0.2) is 5.78 Å². The molecule has 2 heteroatoms. The van der Waals surface area contributed by atoms with Crippen LogP contribution in [0.2, 0.25) is 0 Å². The quantitative estimate of drug-likeness (QED) is 0.546. The van der Waals surface area contributed by atoms with Crippen molar-refractivity contribution in [2.24, 2.45) is 0 Å². The van der Waals surface area contributed by atoms with E-state index in [0.29, 0.717) is 5.57 Å². The summed E-state index contributed by atoms with van der Waals surface area (Å²) in [6, 6.07) is 0. The second-order valence-electron chi connectivity index (χ2n) is 3.23. The lowest BCUT2D eigenvalue weighted by Gasteiger charge is -2.07. The van der Waals surface area contributed by atoms with E-state index in [2.05, 4.69) is 18.5 Å². The summed E-state index contributed by atoms with van der Waals surface area (Å²) in [5, 5.41) is 3.16. The van der Waals surface area contributed by atoms with Crippen LogP contribution in [0.4, 0.5) is 0 Å². The first-order valence-electron chi connectivity index (χ1n) is 5.15. The molecule has 0 atom stereocenters. The van der Waals surface area contributed by atoms with E-state index in [4.69, 9.17) is 0 Å². The summed E-state index contributed by atoms with van der Waals surface area (Å²) in [6.07, 6.45) is 9.08. The number of carbonyl (C=O) groups excluding carboxylic acids is 1. The molecule has 0 aromatic carbocycles. The Kier molecular flexibility index (Phi) is 6.61. The molecular formula is C14H19NO. The average molecular weight is 217 g/mol. The Labute approximate surface area is 97.7 Å². The third kappa shape index (κ3) is 5.15. The molecule has 0 heterocycles. The van der Waals surface area contributed by atoms with Gasteiger partial charge in [-0.2, -0.15) is 0 Å². The summed E-state index contributed by atoms with van der Waals surface area (Å²) in [4.78, 5) is 11.0. The highest BCUT2D eigenvalue weighted by atomic mass is 16.1. The number of hydrogen-bond donors (Lipinski definition) is 1. The van der Waals surface area contributed by atoms with Crippen LogP contribution in [0.5, 0.6) is 0 Å². The largest absolute Gasteiger partial charge is 0.356 e. The molecule has 0 fully saturated rings. The smallest absolute Gasteiger partial charge is 0.159 e. The van der Waals surface area contributed by atoms with Gasteiger partial charge in [-0.25, -0.2) is 0 Å². The molecule has 0 aliphatic heterocycles. The second kappa shape index (κ2) is 7.46. The van der Waals surface area contributed by atoms with Crippen molar-refractivity contribution < 1.29 is 4.79 Å². The highest BCUT2D eigenvalue weighted by molar-refractivity contribution is 5.95. The summed E-state index contributed by atoms with van der Waals surface area (Å²) in [5.74, 6) is -0.0262. The standard InChI is InChI=1S/C14H19NO/c1-6-13(7-2)15-14(8-3)10-9-11(4)12(5)16/h6-10,15H,1,4H2,2-3,5H3/b10-9-,13-7+,14-8+. The lowest BCUT2D eigenvalue weighted by Crippen LogP contribution is -2.09. The third-order valence-electron chi connectivity index (χ3n) is 2.05. The van der Waals surface area contributed by atoms with Gasteiger partial charge in [0, 0.05) is 17.0 Å². The van der Waals surface area contributed by atoms with Crippen molar-refractivity contribution in [3.8, 4) is 0 Å². The first kappa shape index (κ1) is 14.2. The van der Waals surface area contributed by atoms with Crippen LogP contribution < -0.4 is 5.32 Å². The summed E-state index contributed by atoms with van der Waals surface area (Å²) in [5.41, 5.74) is 2.31. The molecule has 1 N–H and O–H groups in total. The summed E-state index contributed by atoms with van der Waals surface area (Å²) < 4.78 is 0. The minimum Gasteiger partial charge on any atom is -0.356 e. The van der Waals surface area contributed by atoms with Crippen LogP contribution in [0.1, 0.15) is 20.8 Å². The summed E-state index contributed by atoms with van der Waals surface area (Å²) in [7, 11) is 0. The fourth-order valence-electron chi connectivity index (χ4n) is 0.926. The number of nitrogens with one attached hydrogen (secondary N) is 1. The molecule has 0 amide bonds. The Morgan fingerprint density at radius 3 is 2.06 bits per heavy atom. The average Bonchev–Trinajstić information content (AvgIpc) is 2.29. The zero-order valence-electron chi connectivity index (χ0n) is 10.2. The van der Waals surface area contributed by atoms with Gasteiger partial charge in [-0.05, 0) is 39.0 Å². The number of allylic oxidation sites excluding steroid dienone is 6. The monoisotopic (exact) mass is 217 g/mol. The molecule has 0 aromatic rings. The molecule has 0 radical (unpaired) electrons.